The van der Waals surface area contributed by atoms with Crippen LogP contribution in [0, 0.1) is 0 Å². The fraction of sp³-hybridized carbons (Fsp3) is 0.729. The Hall–Kier alpha value is -3.84. The van der Waals surface area contributed by atoms with Crippen molar-refractivity contribution in [2.75, 3.05) is 13.2 Å². The van der Waals surface area contributed by atoms with Gasteiger partial charge in [0.1, 0.15) is 18.8 Å². The third-order valence-corrected chi connectivity index (χ3v) is 12.2. The molecule has 6 unspecified atom stereocenters. The molecule has 1 rings (SSSR count). The topological polar surface area (TPSA) is 175 Å². The summed E-state index contributed by atoms with van der Waals surface area (Å²) in [6.07, 6.45) is 45.9. The van der Waals surface area contributed by atoms with Crippen LogP contribution in [0.4, 0.5) is 0 Å². The number of carbonyl (C=O) groups is 4. The number of carboxylic acids is 1. The van der Waals surface area contributed by atoms with Crippen LogP contribution < -0.4 is 0 Å². The molecule has 1 heterocycles. The van der Waals surface area contributed by atoms with E-state index < -0.39 is 67.3 Å². The van der Waals surface area contributed by atoms with Crippen molar-refractivity contribution >= 4 is 23.9 Å². The predicted octanol–water partition coefficient (Wildman–Crippen LogP) is 13.8. The second-order valence-electron chi connectivity index (χ2n) is 18.8. The number of hydrogen-bond acceptors (Lipinski definition) is 11. The molecule has 0 aromatic carbocycles. The van der Waals surface area contributed by atoms with Gasteiger partial charge in [0.05, 0.1) is 6.61 Å². The first-order valence-electron chi connectivity index (χ1n) is 27.9. The molecule has 0 aromatic rings. The molecule has 0 bridgehead atoms. The first-order valence-corrected chi connectivity index (χ1v) is 27.9. The van der Waals surface area contributed by atoms with Gasteiger partial charge < -0.3 is 39.0 Å². The van der Waals surface area contributed by atoms with Crippen molar-refractivity contribution in [1.29, 1.82) is 0 Å². The lowest BCUT2D eigenvalue weighted by Crippen LogP contribution is -2.61. The monoisotopic (exact) mass is 999 g/mol. The van der Waals surface area contributed by atoms with Gasteiger partial charge in [0.25, 0.3) is 0 Å². The summed E-state index contributed by atoms with van der Waals surface area (Å²) in [6.45, 7) is 5.75. The zero-order valence-electron chi connectivity index (χ0n) is 44.4. The number of aliphatic hydroxyl groups excluding tert-OH is 2. The first-order chi connectivity index (χ1) is 34.6. The molecule has 6 atom stereocenters. The van der Waals surface area contributed by atoms with Gasteiger partial charge in [0, 0.05) is 19.3 Å². The van der Waals surface area contributed by atoms with Gasteiger partial charge in [0.15, 0.2) is 24.6 Å². The van der Waals surface area contributed by atoms with Gasteiger partial charge in [-0.05, 0) is 103 Å². The first kappa shape index (κ1) is 65.2. The van der Waals surface area contributed by atoms with E-state index >= 15 is 0 Å². The van der Waals surface area contributed by atoms with E-state index in [1.165, 1.54) is 25.7 Å². The molecule has 0 radical (unpaired) electrons. The maximum absolute atomic E-state index is 13.1. The summed E-state index contributed by atoms with van der Waals surface area (Å²) < 4.78 is 28.3. The second-order valence-corrected chi connectivity index (χ2v) is 18.8. The maximum atomic E-state index is 13.1. The van der Waals surface area contributed by atoms with E-state index in [4.69, 9.17) is 23.7 Å². The molecular formula is C59H98O12. The highest BCUT2D eigenvalue weighted by atomic mass is 16.7. The van der Waals surface area contributed by atoms with Crippen LogP contribution in [0.3, 0.4) is 0 Å². The molecule has 0 amide bonds. The van der Waals surface area contributed by atoms with Gasteiger partial charge in [0.2, 0.25) is 0 Å². The molecule has 1 fully saturated rings. The molecular weight excluding hydrogens is 901 g/mol. The smallest absolute Gasteiger partial charge is 0.335 e. The minimum Gasteiger partial charge on any atom is -0.479 e. The number of ether oxygens (including phenoxy) is 5. The Bertz CT molecular complexity index is 1510. The molecule has 0 saturated carbocycles. The number of aliphatic carboxylic acids is 1. The van der Waals surface area contributed by atoms with Gasteiger partial charge in [-0.2, -0.15) is 0 Å². The summed E-state index contributed by atoms with van der Waals surface area (Å²) in [5.41, 5.74) is 0. The van der Waals surface area contributed by atoms with Gasteiger partial charge >= 0.3 is 23.9 Å². The van der Waals surface area contributed by atoms with E-state index in [2.05, 4.69) is 93.7 Å². The van der Waals surface area contributed by atoms with Crippen LogP contribution in [-0.4, -0.2) is 89.2 Å². The number of esters is 3. The molecule has 1 aliphatic heterocycles. The van der Waals surface area contributed by atoms with Crippen molar-refractivity contribution < 1.29 is 58.2 Å². The Morgan fingerprint density at radius 3 is 1.42 bits per heavy atom. The fourth-order valence-electron chi connectivity index (χ4n) is 7.94. The van der Waals surface area contributed by atoms with E-state index in [0.717, 1.165) is 141 Å². The number of allylic oxidation sites excluding steroid dienone is 12. The van der Waals surface area contributed by atoms with E-state index in [1.807, 2.05) is 0 Å². The lowest BCUT2D eigenvalue weighted by atomic mass is 9.98. The quantitative estimate of drug-likeness (QED) is 0.0228. The molecule has 0 aliphatic carbocycles. The van der Waals surface area contributed by atoms with Crippen molar-refractivity contribution in [2.45, 2.75) is 263 Å². The molecule has 1 aliphatic rings. The maximum Gasteiger partial charge on any atom is 0.335 e. The highest BCUT2D eigenvalue weighted by Crippen LogP contribution is 2.26. The number of aliphatic hydroxyl groups is 2. The minimum atomic E-state index is -1.91. The largest absolute Gasteiger partial charge is 0.479 e. The van der Waals surface area contributed by atoms with Gasteiger partial charge in [-0.25, -0.2) is 4.79 Å². The highest BCUT2D eigenvalue weighted by Gasteiger charge is 2.50. The normalized spacial score (nSPS) is 19.0. The lowest BCUT2D eigenvalue weighted by molar-refractivity contribution is -0.301. The van der Waals surface area contributed by atoms with Crippen LogP contribution in [-0.2, 0) is 42.9 Å². The Kier molecular flexibility index (Phi) is 43.3. The van der Waals surface area contributed by atoms with Crippen molar-refractivity contribution in [1.82, 2.24) is 0 Å². The Labute approximate surface area is 429 Å². The molecule has 12 heteroatoms. The number of hydrogen-bond donors (Lipinski definition) is 3. The summed E-state index contributed by atoms with van der Waals surface area (Å²) in [6, 6.07) is 0. The number of unbranched alkanes of at least 4 members (excludes halogenated alkanes) is 20. The molecule has 1 saturated heterocycles. The summed E-state index contributed by atoms with van der Waals surface area (Å²) >= 11 is 0. The van der Waals surface area contributed by atoms with E-state index in [1.54, 1.807) is 0 Å². The van der Waals surface area contributed by atoms with Crippen LogP contribution in [0.15, 0.2) is 72.9 Å². The molecule has 71 heavy (non-hydrogen) atoms. The van der Waals surface area contributed by atoms with E-state index in [0.29, 0.717) is 19.3 Å². The third-order valence-electron chi connectivity index (χ3n) is 12.2. The lowest BCUT2D eigenvalue weighted by Gasteiger charge is -2.40. The SMILES string of the molecule is CC/C=C\C/C=C\C/C=C\CCCCCCCC(=O)OCC(COC1OC(C(=O)O)C(O)C(O)C1OC(=O)CCCCCCC/C=C\C/C=C\CCC)OC(=O)CCCCCCC/C=C\CCCCCC. The summed E-state index contributed by atoms with van der Waals surface area (Å²) in [5, 5.41) is 31.4. The Morgan fingerprint density at radius 2 is 0.915 bits per heavy atom. The van der Waals surface area contributed by atoms with Crippen LogP contribution in [0.2, 0.25) is 0 Å². The standard InChI is InChI=1S/C59H98O12/c1-4-7-10-13-16-19-22-25-26-29-30-33-36-39-42-45-51(60)67-48-50(69-52(61)46-43-40-37-34-31-27-23-20-17-14-11-8-5-2)49-68-59-57(55(64)54(63)56(71-59)58(65)66)70-53(62)47-44-41-38-35-32-28-24-21-18-15-12-9-6-3/h7,10,12,15-16,19-21,23-26,50,54-57,59,63-64H,4-6,8-9,11,13-14,17-18,22,27-49H2,1-3H3,(H,65,66)/b10-7-,15-12-,19-16-,23-20-,24-21-,26-25-. The van der Waals surface area contributed by atoms with E-state index in [9.17, 15) is 34.5 Å². The van der Waals surface area contributed by atoms with Crippen molar-refractivity contribution in [3.05, 3.63) is 72.9 Å². The Balaban J connectivity index is 2.74. The van der Waals surface area contributed by atoms with Crippen LogP contribution in [0.1, 0.15) is 226 Å². The fourth-order valence-corrected chi connectivity index (χ4v) is 7.94. The molecule has 0 spiro atoms. The average molecular weight is 999 g/mol. The third kappa shape index (κ3) is 37.6. The molecule has 3 N–H and O–H groups in total. The van der Waals surface area contributed by atoms with Crippen molar-refractivity contribution in [2.24, 2.45) is 0 Å². The van der Waals surface area contributed by atoms with Crippen molar-refractivity contribution in [3.8, 4) is 0 Å². The summed E-state index contributed by atoms with van der Waals surface area (Å²) in [4.78, 5) is 51.0. The van der Waals surface area contributed by atoms with Gasteiger partial charge in [-0.3, -0.25) is 14.4 Å². The number of carbonyl (C=O) groups excluding carboxylic acids is 3. The molecule has 0 aromatic heterocycles. The van der Waals surface area contributed by atoms with Crippen molar-refractivity contribution in [3.63, 3.8) is 0 Å². The predicted molar refractivity (Wildman–Crippen MR) is 285 cm³/mol. The van der Waals surface area contributed by atoms with E-state index in [-0.39, 0.29) is 25.9 Å². The minimum absolute atomic E-state index is 0.0397. The highest BCUT2D eigenvalue weighted by molar-refractivity contribution is 5.74. The zero-order chi connectivity index (χ0) is 51.8. The summed E-state index contributed by atoms with van der Waals surface area (Å²) in [5.74, 6) is -3.17. The van der Waals surface area contributed by atoms with Gasteiger partial charge in [-0.1, -0.05) is 177 Å². The van der Waals surface area contributed by atoms with Gasteiger partial charge in [-0.15, -0.1) is 0 Å². The average Bonchev–Trinajstić information content (AvgIpc) is 3.35. The number of carboxylic acid groups (broad SMARTS) is 1. The summed E-state index contributed by atoms with van der Waals surface area (Å²) in [7, 11) is 0. The van der Waals surface area contributed by atoms with Crippen LogP contribution >= 0.6 is 0 Å². The van der Waals surface area contributed by atoms with Crippen LogP contribution in [0.25, 0.3) is 0 Å². The Morgan fingerprint density at radius 1 is 0.479 bits per heavy atom. The van der Waals surface area contributed by atoms with Crippen LogP contribution in [0.5, 0.6) is 0 Å². The zero-order valence-corrected chi connectivity index (χ0v) is 44.4. The molecule has 406 valence electrons. The molecule has 12 nitrogen and oxygen atoms in total. The number of rotatable bonds is 46. The second kappa shape index (κ2) is 47.2.